The Kier molecular flexibility index (Phi) is 5.92. The maximum absolute atomic E-state index is 12.3. The number of aromatic nitrogens is 4. The van der Waals surface area contributed by atoms with E-state index in [-0.39, 0.29) is 11.7 Å². The lowest BCUT2D eigenvalue weighted by Crippen LogP contribution is -2.15. The van der Waals surface area contributed by atoms with Crippen LogP contribution in [-0.2, 0) is 4.79 Å². The summed E-state index contributed by atoms with van der Waals surface area (Å²) >= 11 is 1.25. The van der Waals surface area contributed by atoms with Crippen LogP contribution in [0.1, 0.15) is 5.56 Å². The van der Waals surface area contributed by atoms with Crippen LogP contribution in [0.4, 0.5) is 5.69 Å². The van der Waals surface area contributed by atoms with Gasteiger partial charge < -0.3 is 14.8 Å². The second-order valence-electron chi connectivity index (χ2n) is 5.61. The zero-order chi connectivity index (χ0) is 19.2. The molecule has 2 aromatic carbocycles. The molecule has 140 valence electrons. The van der Waals surface area contributed by atoms with Gasteiger partial charge in [-0.05, 0) is 59.3 Å². The van der Waals surface area contributed by atoms with Crippen molar-refractivity contribution in [2.24, 2.45) is 0 Å². The number of amides is 1. The number of carbonyl (C=O) groups excluding carboxylic acids is 1. The molecule has 0 fully saturated rings. The number of hydrogen-bond acceptors (Lipinski definition) is 7. The Hall–Kier alpha value is -3.07. The molecular weight excluding hydrogens is 366 g/mol. The maximum Gasteiger partial charge on any atom is 0.234 e. The van der Waals surface area contributed by atoms with Gasteiger partial charge in [-0.15, -0.1) is 5.10 Å². The highest BCUT2D eigenvalue weighted by Gasteiger charge is 2.13. The summed E-state index contributed by atoms with van der Waals surface area (Å²) in [6.45, 7) is 1.95. The Balaban J connectivity index is 1.66. The van der Waals surface area contributed by atoms with Crippen molar-refractivity contribution in [3.8, 4) is 17.2 Å². The molecule has 8 nitrogen and oxygen atoms in total. The monoisotopic (exact) mass is 385 g/mol. The summed E-state index contributed by atoms with van der Waals surface area (Å²) in [6.07, 6.45) is 0. The molecule has 0 saturated carbocycles. The molecule has 0 atom stereocenters. The minimum Gasteiger partial charge on any atom is -0.497 e. The highest BCUT2D eigenvalue weighted by atomic mass is 32.2. The van der Waals surface area contributed by atoms with E-state index in [2.05, 4.69) is 20.8 Å². The van der Waals surface area contributed by atoms with Crippen LogP contribution in [0.15, 0.2) is 47.6 Å². The number of hydrogen-bond donors (Lipinski definition) is 1. The van der Waals surface area contributed by atoms with Crippen LogP contribution in [-0.4, -0.2) is 46.1 Å². The minimum atomic E-state index is -0.173. The van der Waals surface area contributed by atoms with Crippen molar-refractivity contribution in [2.45, 2.75) is 12.1 Å². The Bertz CT molecular complexity index is 927. The number of thioether (sulfide) groups is 1. The molecule has 1 heterocycles. The first-order chi connectivity index (χ1) is 13.1. The summed E-state index contributed by atoms with van der Waals surface area (Å²) < 4.78 is 12.0. The summed E-state index contributed by atoms with van der Waals surface area (Å²) in [5.74, 6) is 1.34. The second-order valence-corrected chi connectivity index (χ2v) is 6.55. The average molecular weight is 385 g/mol. The van der Waals surface area contributed by atoms with Gasteiger partial charge in [-0.1, -0.05) is 17.8 Å². The van der Waals surface area contributed by atoms with Crippen molar-refractivity contribution >= 4 is 23.4 Å². The lowest BCUT2D eigenvalue weighted by atomic mass is 10.2. The normalized spacial score (nSPS) is 10.5. The van der Waals surface area contributed by atoms with Crippen molar-refractivity contribution in [1.29, 1.82) is 0 Å². The molecule has 0 unspecified atom stereocenters. The van der Waals surface area contributed by atoms with Crippen LogP contribution in [0.3, 0.4) is 0 Å². The van der Waals surface area contributed by atoms with Crippen molar-refractivity contribution < 1.29 is 14.3 Å². The summed E-state index contributed by atoms with van der Waals surface area (Å²) in [6, 6.07) is 12.9. The molecule has 0 bridgehead atoms. The Morgan fingerprint density at radius 2 is 1.93 bits per heavy atom. The van der Waals surface area contributed by atoms with Crippen LogP contribution >= 0.6 is 11.8 Å². The Morgan fingerprint density at radius 3 is 2.63 bits per heavy atom. The second kappa shape index (κ2) is 8.54. The van der Waals surface area contributed by atoms with Gasteiger partial charge in [-0.2, -0.15) is 4.68 Å². The highest BCUT2D eigenvalue weighted by molar-refractivity contribution is 7.99. The lowest BCUT2D eigenvalue weighted by molar-refractivity contribution is -0.113. The fourth-order valence-electron chi connectivity index (χ4n) is 2.39. The SMILES string of the molecule is COc1ccc(-n2nnnc2SCC(=O)Nc2cc(C)ccc2OC)cc1. The van der Waals surface area contributed by atoms with E-state index in [1.807, 2.05) is 49.4 Å². The Labute approximate surface area is 160 Å². The first-order valence-corrected chi connectivity index (χ1v) is 9.09. The molecular formula is C18H19N5O3S. The molecule has 1 N–H and O–H groups in total. The standard InChI is InChI=1S/C18H19N5O3S/c1-12-4-9-16(26-3)15(10-12)19-17(24)11-27-18-20-21-22-23(18)13-5-7-14(25-2)8-6-13/h4-10H,11H2,1-3H3,(H,19,24). The predicted octanol–water partition coefficient (Wildman–Crippen LogP) is 2.72. The van der Waals surface area contributed by atoms with Gasteiger partial charge in [-0.25, -0.2) is 0 Å². The van der Waals surface area contributed by atoms with E-state index in [0.29, 0.717) is 16.6 Å². The molecule has 1 aromatic heterocycles. The van der Waals surface area contributed by atoms with E-state index in [0.717, 1.165) is 17.0 Å². The number of carbonyl (C=O) groups is 1. The van der Waals surface area contributed by atoms with E-state index in [9.17, 15) is 4.79 Å². The first kappa shape index (κ1) is 18.7. The number of nitrogens with one attached hydrogen (secondary N) is 1. The molecule has 0 radical (unpaired) electrons. The molecule has 1 amide bonds. The quantitative estimate of drug-likeness (QED) is 0.625. The molecule has 9 heteroatoms. The first-order valence-electron chi connectivity index (χ1n) is 8.11. The number of tetrazole rings is 1. The number of ether oxygens (including phenoxy) is 2. The van der Waals surface area contributed by atoms with Gasteiger partial charge in [0, 0.05) is 0 Å². The van der Waals surface area contributed by atoms with Gasteiger partial charge >= 0.3 is 0 Å². The van der Waals surface area contributed by atoms with E-state index in [1.165, 1.54) is 11.8 Å². The summed E-state index contributed by atoms with van der Waals surface area (Å²) in [4.78, 5) is 12.3. The van der Waals surface area contributed by atoms with Gasteiger partial charge in [0.25, 0.3) is 0 Å². The molecule has 0 spiro atoms. The number of benzene rings is 2. The third-order valence-corrected chi connectivity index (χ3v) is 4.64. The zero-order valence-corrected chi connectivity index (χ0v) is 16.0. The average Bonchev–Trinajstić information content (AvgIpc) is 3.15. The van der Waals surface area contributed by atoms with Gasteiger partial charge in [0.15, 0.2) is 0 Å². The Morgan fingerprint density at radius 1 is 1.15 bits per heavy atom. The van der Waals surface area contributed by atoms with Crippen LogP contribution in [0.2, 0.25) is 0 Å². The van der Waals surface area contributed by atoms with Gasteiger partial charge in [-0.3, -0.25) is 4.79 Å². The van der Waals surface area contributed by atoms with Crippen LogP contribution < -0.4 is 14.8 Å². The minimum absolute atomic E-state index is 0.160. The summed E-state index contributed by atoms with van der Waals surface area (Å²) in [5, 5.41) is 15.1. The van der Waals surface area contributed by atoms with E-state index >= 15 is 0 Å². The van der Waals surface area contributed by atoms with Gasteiger partial charge in [0.1, 0.15) is 11.5 Å². The fraction of sp³-hybridized carbons (Fsp3) is 0.222. The molecule has 0 aliphatic rings. The number of methoxy groups -OCH3 is 2. The van der Waals surface area contributed by atoms with Crippen LogP contribution in [0.25, 0.3) is 5.69 Å². The number of anilines is 1. The predicted molar refractivity (Wildman–Crippen MR) is 103 cm³/mol. The lowest BCUT2D eigenvalue weighted by Gasteiger charge is -2.11. The molecule has 3 rings (SSSR count). The smallest absolute Gasteiger partial charge is 0.234 e. The third-order valence-electron chi connectivity index (χ3n) is 3.72. The van der Waals surface area contributed by atoms with E-state index in [4.69, 9.17) is 9.47 Å². The molecule has 0 aliphatic carbocycles. The summed E-state index contributed by atoms with van der Waals surface area (Å²) in [7, 11) is 3.17. The third kappa shape index (κ3) is 4.56. The van der Waals surface area contributed by atoms with E-state index < -0.39 is 0 Å². The number of rotatable bonds is 7. The molecule has 0 saturated heterocycles. The topological polar surface area (TPSA) is 91.2 Å². The molecule has 27 heavy (non-hydrogen) atoms. The zero-order valence-electron chi connectivity index (χ0n) is 15.2. The van der Waals surface area contributed by atoms with Crippen LogP contribution in [0, 0.1) is 6.92 Å². The number of aryl methyl sites for hydroxylation is 1. The van der Waals surface area contributed by atoms with Gasteiger partial charge in [0.05, 0.1) is 31.3 Å². The summed E-state index contributed by atoms with van der Waals surface area (Å²) in [5.41, 5.74) is 2.45. The van der Waals surface area contributed by atoms with Crippen molar-refractivity contribution in [3.05, 3.63) is 48.0 Å². The molecule has 0 aliphatic heterocycles. The van der Waals surface area contributed by atoms with Crippen molar-refractivity contribution in [1.82, 2.24) is 20.2 Å². The maximum atomic E-state index is 12.3. The van der Waals surface area contributed by atoms with Crippen molar-refractivity contribution in [3.63, 3.8) is 0 Å². The fourth-order valence-corrected chi connectivity index (χ4v) is 3.08. The van der Waals surface area contributed by atoms with Gasteiger partial charge in [0.2, 0.25) is 11.1 Å². The van der Waals surface area contributed by atoms with Crippen LogP contribution in [0.5, 0.6) is 11.5 Å². The van der Waals surface area contributed by atoms with E-state index in [1.54, 1.807) is 18.9 Å². The van der Waals surface area contributed by atoms with Crippen molar-refractivity contribution in [2.75, 3.05) is 25.3 Å². The highest BCUT2D eigenvalue weighted by Crippen LogP contribution is 2.26. The number of nitrogens with zero attached hydrogens (tertiary/aromatic N) is 4. The largest absolute Gasteiger partial charge is 0.497 e. The molecule has 3 aromatic rings.